The standard InChI is InChI=1S/C16H23ClN2O/c1-12(2)16(8-9-18-11-16)15(20)19(3)10-13-6-4-5-7-14(13)17/h4-7,12,18H,8-11H2,1-3H3. The van der Waals surface area contributed by atoms with Gasteiger partial charge >= 0.3 is 0 Å². The molecule has 1 unspecified atom stereocenters. The molecule has 0 aromatic heterocycles. The first kappa shape index (κ1) is 15.3. The van der Waals surface area contributed by atoms with Gasteiger partial charge in [0.25, 0.3) is 0 Å². The summed E-state index contributed by atoms with van der Waals surface area (Å²) in [6.45, 7) is 6.52. The Morgan fingerprint density at radius 2 is 2.15 bits per heavy atom. The molecule has 1 aromatic carbocycles. The average molecular weight is 295 g/mol. The van der Waals surface area contributed by atoms with Crippen LogP contribution in [0.25, 0.3) is 0 Å². The van der Waals surface area contributed by atoms with E-state index in [2.05, 4.69) is 19.2 Å². The Morgan fingerprint density at radius 3 is 2.70 bits per heavy atom. The molecule has 1 saturated heterocycles. The number of nitrogens with zero attached hydrogens (tertiary/aromatic N) is 1. The smallest absolute Gasteiger partial charge is 0.230 e. The van der Waals surface area contributed by atoms with Crippen LogP contribution in [-0.2, 0) is 11.3 Å². The quantitative estimate of drug-likeness (QED) is 0.926. The number of hydrogen-bond donors (Lipinski definition) is 1. The van der Waals surface area contributed by atoms with Crippen molar-refractivity contribution in [2.45, 2.75) is 26.8 Å². The lowest BCUT2D eigenvalue weighted by Gasteiger charge is -2.35. The van der Waals surface area contributed by atoms with E-state index in [4.69, 9.17) is 11.6 Å². The second-order valence-corrected chi connectivity index (χ2v) is 6.40. The Kier molecular flexibility index (Phi) is 4.71. The van der Waals surface area contributed by atoms with Gasteiger partial charge in [-0.05, 0) is 30.5 Å². The van der Waals surface area contributed by atoms with E-state index in [1.807, 2.05) is 36.2 Å². The van der Waals surface area contributed by atoms with Crippen LogP contribution in [0.1, 0.15) is 25.8 Å². The molecule has 0 radical (unpaired) electrons. The number of carbonyl (C=O) groups is 1. The number of amides is 1. The number of nitrogens with one attached hydrogen (secondary N) is 1. The minimum absolute atomic E-state index is 0.220. The molecule has 4 heteroatoms. The van der Waals surface area contributed by atoms with E-state index >= 15 is 0 Å². The topological polar surface area (TPSA) is 32.3 Å². The molecule has 110 valence electrons. The van der Waals surface area contributed by atoms with Gasteiger partial charge in [-0.25, -0.2) is 0 Å². The minimum atomic E-state index is -0.268. The maximum atomic E-state index is 12.9. The maximum Gasteiger partial charge on any atom is 0.230 e. The fourth-order valence-corrected chi connectivity index (χ4v) is 3.16. The van der Waals surface area contributed by atoms with Gasteiger partial charge in [0.15, 0.2) is 0 Å². The zero-order valence-electron chi connectivity index (χ0n) is 12.4. The lowest BCUT2D eigenvalue weighted by Crippen LogP contribution is -2.46. The van der Waals surface area contributed by atoms with Crippen LogP contribution < -0.4 is 5.32 Å². The third-order valence-electron chi connectivity index (χ3n) is 4.43. The van der Waals surface area contributed by atoms with Crippen LogP contribution in [0.4, 0.5) is 0 Å². The number of hydrogen-bond acceptors (Lipinski definition) is 2. The molecule has 3 nitrogen and oxygen atoms in total. The third-order valence-corrected chi connectivity index (χ3v) is 4.80. The van der Waals surface area contributed by atoms with Gasteiger partial charge < -0.3 is 10.2 Å². The van der Waals surface area contributed by atoms with Gasteiger partial charge in [-0.2, -0.15) is 0 Å². The maximum absolute atomic E-state index is 12.9. The molecule has 0 aliphatic carbocycles. The first-order valence-electron chi connectivity index (χ1n) is 7.17. The van der Waals surface area contributed by atoms with Crippen LogP contribution in [-0.4, -0.2) is 30.9 Å². The summed E-state index contributed by atoms with van der Waals surface area (Å²) in [7, 11) is 1.87. The summed E-state index contributed by atoms with van der Waals surface area (Å²) in [6, 6.07) is 7.70. The second-order valence-electron chi connectivity index (χ2n) is 5.99. The molecule has 1 aromatic rings. The summed E-state index contributed by atoms with van der Waals surface area (Å²) >= 11 is 6.18. The van der Waals surface area contributed by atoms with Gasteiger partial charge in [-0.1, -0.05) is 43.6 Å². The van der Waals surface area contributed by atoms with Crippen molar-refractivity contribution in [1.82, 2.24) is 10.2 Å². The summed E-state index contributed by atoms with van der Waals surface area (Å²) in [5.74, 6) is 0.552. The van der Waals surface area contributed by atoms with Gasteiger partial charge in [0.2, 0.25) is 5.91 Å². The minimum Gasteiger partial charge on any atom is -0.341 e. The van der Waals surface area contributed by atoms with E-state index < -0.39 is 0 Å². The molecule has 2 rings (SSSR count). The van der Waals surface area contributed by atoms with Crippen molar-refractivity contribution in [3.05, 3.63) is 34.9 Å². The van der Waals surface area contributed by atoms with Crippen molar-refractivity contribution in [2.75, 3.05) is 20.1 Å². The molecule has 20 heavy (non-hydrogen) atoms. The van der Waals surface area contributed by atoms with E-state index in [1.54, 1.807) is 0 Å². The normalized spacial score (nSPS) is 22.2. The molecular formula is C16H23ClN2O. The summed E-state index contributed by atoms with van der Waals surface area (Å²) in [5.41, 5.74) is 0.727. The molecule has 1 amide bonds. The summed E-state index contributed by atoms with van der Waals surface area (Å²) < 4.78 is 0. The Labute approximate surface area is 126 Å². The molecule has 1 atom stereocenters. The highest BCUT2D eigenvalue weighted by molar-refractivity contribution is 6.31. The van der Waals surface area contributed by atoms with Crippen molar-refractivity contribution >= 4 is 17.5 Å². The molecule has 1 N–H and O–H groups in total. The van der Waals surface area contributed by atoms with E-state index in [1.165, 1.54) is 0 Å². The highest BCUT2D eigenvalue weighted by Gasteiger charge is 2.45. The van der Waals surface area contributed by atoms with Crippen LogP contribution >= 0.6 is 11.6 Å². The van der Waals surface area contributed by atoms with Gasteiger partial charge in [0, 0.05) is 25.2 Å². The highest BCUT2D eigenvalue weighted by atomic mass is 35.5. The SMILES string of the molecule is CC(C)C1(C(=O)N(C)Cc2ccccc2Cl)CCNC1. The molecule has 1 heterocycles. The Morgan fingerprint density at radius 1 is 1.45 bits per heavy atom. The Bertz CT molecular complexity index is 481. The first-order chi connectivity index (χ1) is 9.47. The van der Waals surface area contributed by atoms with Gasteiger partial charge in [0.05, 0.1) is 5.41 Å². The number of benzene rings is 1. The zero-order valence-corrected chi connectivity index (χ0v) is 13.2. The lowest BCUT2D eigenvalue weighted by atomic mass is 9.75. The average Bonchev–Trinajstić information content (AvgIpc) is 2.91. The van der Waals surface area contributed by atoms with Gasteiger partial charge in [-0.15, -0.1) is 0 Å². The number of halogens is 1. The van der Waals surface area contributed by atoms with Crippen molar-refractivity contribution in [1.29, 1.82) is 0 Å². The fourth-order valence-electron chi connectivity index (χ4n) is 2.97. The van der Waals surface area contributed by atoms with E-state index in [0.29, 0.717) is 12.5 Å². The predicted molar refractivity (Wildman–Crippen MR) is 82.7 cm³/mol. The van der Waals surface area contributed by atoms with Crippen LogP contribution in [0.5, 0.6) is 0 Å². The fraction of sp³-hybridized carbons (Fsp3) is 0.562. The Balaban J connectivity index is 2.14. The largest absolute Gasteiger partial charge is 0.341 e. The second kappa shape index (κ2) is 6.15. The molecule has 1 aliphatic heterocycles. The summed E-state index contributed by atoms with van der Waals surface area (Å²) in [5, 5.41) is 4.05. The summed E-state index contributed by atoms with van der Waals surface area (Å²) in [6.07, 6.45) is 0.913. The van der Waals surface area contributed by atoms with Gasteiger partial charge in [0.1, 0.15) is 0 Å². The van der Waals surface area contributed by atoms with Crippen LogP contribution in [0.3, 0.4) is 0 Å². The van der Waals surface area contributed by atoms with Crippen LogP contribution in [0.15, 0.2) is 24.3 Å². The monoisotopic (exact) mass is 294 g/mol. The van der Waals surface area contributed by atoms with Crippen LogP contribution in [0, 0.1) is 11.3 Å². The van der Waals surface area contributed by atoms with Crippen molar-refractivity contribution < 1.29 is 4.79 Å². The molecule has 0 saturated carbocycles. The molecular weight excluding hydrogens is 272 g/mol. The molecule has 1 fully saturated rings. The molecule has 0 spiro atoms. The van der Waals surface area contributed by atoms with E-state index in [0.717, 1.165) is 30.1 Å². The zero-order chi connectivity index (χ0) is 14.8. The highest BCUT2D eigenvalue weighted by Crippen LogP contribution is 2.36. The summed E-state index contributed by atoms with van der Waals surface area (Å²) in [4.78, 5) is 14.7. The van der Waals surface area contributed by atoms with Gasteiger partial charge in [-0.3, -0.25) is 4.79 Å². The molecule has 0 bridgehead atoms. The number of carbonyl (C=O) groups excluding carboxylic acids is 1. The van der Waals surface area contributed by atoms with E-state index in [-0.39, 0.29) is 11.3 Å². The Hall–Kier alpha value is -1.06. The van der Waals surface area contributed by atoms with Crippen molar-refractivity contribution in [3.8, 4) is 0 Å². The molecule has 1 aliphatic rings. The van der Waals surface area contributed by atoms with Crippen molar-refractivity contribution in [2.24, 2.45) is 11.3 Å². The van der Waals surface area contributed by atoms with Crippen LogP contribution in [0.2, 0.25) is 5.02 Å². The third kappa shape index (κ3) is 2.84. The van der Waals surface area contributed by atoms with E-state index in [9.17, 15) is 4.79 Å². The van der Waals surface area contributed by atoms with Crippen molar-refractivity contribution in [3.63, 3.8) is 0 Å². The lowest BCUT2D eigenvalue weighted by molar-refractivity contribution is -0.142. The predicted octanol–water partition coefficient (Wildman–Crippen LogP) is 2.93. The number of rotatable bonds is 4. The first-order valence-corrected chi connectivity index (χ1v) is 7.55.